The molecule has 2 aromatic rings. The number of ether oxygens (including phenoxy) is 2. The van der Waals surface area contributed by atoms with Crippen LogP contribution in [0.1, 0.15) is 11.1 Å². The zero-order chi connectivity index (χ0) is 13.7. The lowest BCUT2D eigenvalue weighted by molar-refractivity contribution is 0.382. The lowest BCUT2D eigenvalue weighted by Crippen LogP contribution is -2.02. The molecule has 0 saturated carbocycles. The number of hydrogen-bond acceptors (Lipinski definition) is 5. The van der Waals surface area contributed by atoms with E-state index in [9.17, 15) is 0 Å². The molecule has 0 aliphatic rings. The van der Waals surface area contributed by atoms with E-state index in [4.69, 9.17) is 15.2 Å². The first-order chi connectivity index (χ1) is 9.24. The summed E-state index contributed by atoms with van der Waals surface area (Å²) in [4.78, 5) is 8.12. The maximum absolute atomic E-state index is 5.72. The highest BCUT2D eigenvalue weighted by Gasteiger charge is 2.09. The van der Waals surface area contributed by atoms with Gasteiger partial charge >= 0.3 is 0 Å². The van der Waals surface area contributed by atoms with Gasteiger partial charge in [-0.25, -0.2) is 9.97 Å². The van der Waals surface area contributed by atoms with Crippen molar-refractivity contribution in [1.82, 2.24) is 9.97 Å². The molecule has 0 atom stereocenters. The second-order valence-corrected chi connectivity index (χ2v) is 4.10. The first kappa shape index (κ1) is 13.3. The van der Waals surface area contributed by atoms with E-state index in [0.717, 1.165) is 17.7 Å². The van der Waals surface area contributed by atoms with Crippen molar-refractivity contribution < 1.29 is 9.47 Å². The quantitative estimate of drug-likeness (QED) is 0.890. The summed E-state index contributed by atoms with van der Waals surface area (Å²) in [7, 11) is 1.57. The Kier molecular flexibility index (Phi) is 4.30. The molecular formula is C14H17N3O2. The monoisotopic (exact) mass is 259 g/mol. The number of nitrogens with two attached hydrogens (primary N) is 1. The third-order valence-electron chi connectivity index (χ3n) is 2.76. The molecule has 1 aromatic carbocycles. The summed E-state index contributed by atoms with van der Waals surface area (Å²) >= 11 is 0. The van der Waals surface area contributed by atoms with Gasteiger partial charge in [-0.3, -0.25) is 0 Å². The molecule has 2 rings (SSSR count). The van der Waals surface area contributed by atoms with Crippen molar-refractivity contribution in [2.24, 2.45) is 5.73 Å². The molecule has 0 unspecified atom stereocenters. The lowest BCUT2D eigenvalue weighted by atomic mass is 10.1. The van der Waals surface area contributed by atoms with Crippen LogP contribution in [-0.2, 0) is 6.42 Å². The van der Waals surface area contributed by atoms with Gasteiger partial charge in [0.2, 0.25) is 11.8 Å². The highest BCUT2D eigenvalue weighted by atomic mass is 16.5. The van der Waals surface area contributed by atoms with Gasteiger partial charge in [-0.2, -0.15) is 0 Å². The molecule has 0 bridgehead atoms. The van der Waals surface area contributed by atoms with E-state index in [1.807, 2.05) is 31.2 Å². The van der Waals surface area contributed by atoms with Crippen LogP contribution in [0.2, 0.25) is 0 Å². The van der Waals surface area contributed by atoms with Crippen LogP contribution in [0.5, 0.6) is 17.5 Å². The molecule has 1 aromatic heterocycles. The Bertz CT molecular complexity index is 541. The summed E-state index contributed by atoms with van der Waals surface area (Å²) in [6.07, 6.45) is 2.28. The summed E-state index contributed by atoms with van der Waals surface area (Å²) < 4.78 is 10.9. The van der Waals surface area contributed by atoms with E-state index >= 15 is 0 Å². The predicted octanol–water partition coefficient (Wildman–Crippen LogP) is 2.09. The van der Waals surface area contributed by atoms with Gasteiger partial charge in [0.25, 0.3) is 0 Å². The maximum Gasteiger partial charge on any atom is 0.229 e. The Morgan fingerprint density at radius 1 is 1.11 bits per heavy atom. The Morgan fingerprint density at radius 2 is 1.79 bits per heavy atom. The smallest absolute Gasteiger partial charge is 0.229 e. The second kappa shape index (κ2) is 6.15. The summed E-state index contributed by atoms with van der Waals surface area (Å²) in [5.41, 5.74) is 7.47. The van der Waals surface area contributed by atoms with Crippen molar-refractivity contribution in [3.05, 3.63) is 41.7 Å². The number of methoxy groups -OCH3 is 1. The maximum atomic E-state index is 5.72. The van der Waals surface area contributed by atoms with Gasteiger partial charge in [-0.05, 0) is 37.6 Å². The van der Waals surface area contributed by atoms with Crippen molar-refractivity contribution in [2.45, 2.75) is 13.3 Å². The topological polar surface area (TPSA) is 70.3 Å². The normalized spacial score (nSPS) is 10.3. The molecule has 100 valence electrons. The van der Waals surface area contributed by atoms with Crippen LogP contribution >= 0.6 is 0 Å². The average Bonchev–Trinajstić information content (AvgIpc) is 2.43. The van der Waals surface area contributed by atoms with Crippen LogP contribution < -0.4 is 15.2 Å². The Balaban J connectivity index is 2.16. The minimum absolute atomic E-state index is 0.499. The molecule has 0 saturated heterocycles. The van der Waals surface area contributed by atoms with Gasteiger partial charge in [-0.15, -0.1) is 0 Å². The average molecular weight is 259 g/mol. The van der Waals surface area contributed by atoms with Crippen molar-refractivity contribution in [3.63, 3.8) is 0 Å². The van der Waals surface area contributed by atoms with Gasteiger partial charge in [0.15, 0.2) is 0 Å². The highest BCUT2D eigenvalue weighted by molar-refractivity contribution is 5.37. The molecule has 0 spiro atoms. The molecule has 5 heteroatoms. The number of nitrogens with zero attached hydrogens (tertiary/aromatic N) is 2. The van der Waals surface area contributed by atoms with Crippen LogP contribution in [0.25, 0.3) is 0 Å². The molecular weight excluding hydrogens is 242 g/mol. The molecule has 0 radical (unpaired) electrons. The van der Waals surface area contributed by atoms with Crippen molar-refractivity contribution in [2.75, 3.05) is 13.7 Å². The Morgan fingerprint density at radius 3 is 2.42 bits per heavy atom. The van der Waals surface area contributed by atoms with Gasteiger partial charge in [-0.1, -0.05) is 12.1 Å². The zero-order valence-electron chi connectivity index (χ0n) is 11.1. The minimum atomic E-state index is 0.499. The van der Waals surface area contributed by atoms with Crippen molar-refractivity contribution in [3.8, 4) is 17.5 Å². The van der Waals surface area contributed by atoms with Crippen LogP contribution in [0.4, 0.5) is 0 Å². The van der Waals surface area contributed by atoms with E-state index < -0.39 is 0 Å². The van der Waals surface area contributed by atoms with Gasteiger partial charge in [0.05, 0.1) is 12.7 Å². The summed E-state index contributed by atoms with van der Waals surface area (Å²) in [6.45, 7) is 2.50. The molecule has 2 N–H and O–H groups in total. The standard InChI is InChI=1S/C14H17N3O2/c1-10-13(18-2)16-9-17-14(10)19-12-5-3-11(4-6-12)7-8-15/h3-6,9H,7-8,15H2,1-2H3. The molecule has 0 amide bonds. The first-order valence-electron chi connectivity index (χ1n) is 6.07. The molecule has 5 nitrogen and oxygen atoms in total. The minimum Gasteiger partial charge on any atom is -0.481 e. The molecule has 0 fully saturated rings. The number of hydrogen-bond donors (Lipinski definition) is 1. The number of rotatable bonds is 5. The van der Waals surface area contributed by atoms with Gasteiger partial charge in [0, 0.05) is 0 Å². The summed E-state index contributed by atoms with van der Waals surface area (Å²) in [6, 6.07) is 7.80. The van der Waals surface area contributed by atoms with Crippen molar-refractivity contribution >= 4 is 0 Å². The fourth-order valence-corrected chi connectivity index (χ4v) is 1.73. The van der Waals surface area contributed by atoms with Gasteiger partial charge in [0.1, 0.15) is 12.1 Å². The fraction of sp³-hybridized carbons (Fsp3) is 0.286. The van der Waals surface area contributed by atoms with Crippen LogP contribution in [0.3, 0.4) is 0 Å². The lowest BCUT2D eigenvalue weighted by Gasteiger charge is -2.09. The van der Waals surface area contributed by atoms with E-state index in [1.54, 1.807) is 7.11 Å². The molecule has 19 heavy (non-hydrogen) atoms. The molecule has 0 aliphatic carbocycles. The van der Waals surface area contributed by atoms with Crippen LogP contribution in [-0.4, -0.2) is 23.6 Å². The summed E-state index contributed by atoms with van der Waals surface area (Å²) in [5.74, 6) is 1.74. The van der Waals surface area contributed by atoms with E-state index in [0.29, 0.717) is 18.3 Å². The third kappa shape index (κ3) is 3.20. The van der Waals surface area contributed by atoms with Crippen LogP contribution in [0.15, 0.2) is 30.6 Å². The third-order valence-corrected chi connectivity index (χ3v) is 2.76. The van der Waals surface area contributed by atoms with E-state index in [1.165, 1.54) is 11.9 Å². The molecule has 0 aliphatic heterocycles. The van der Waals surface area contributed by atoms with Crippen LogP contribution in [0, 0.1) is 6.92 Å². The van der Waals surface area contributed by atoms with Crippen molar-refractivity contribution in [1.29, 1.82) is 0 Å². The highest BCUT2D eigenvalue weighted by Crippen LogP contribution is 2.27. The summed E-state index contributed by atoms with van der Waals surface area (Å²) in [5, 5.41) is 0. The fourth-order valence-electron chi connectivity index (χ4n) is 1.73. The zero-order valence-corrected chi connectivity index (χ0v) is 11.1. The Hall–Kier alpha value is -2.14. The van der Waals surface area contributed by atoms with E-state index in [2.05, 4.69) is 9.97 Å². The predicted molar refractivity (Wildman–Crippen MR) is 72.6 cm³/mol. The Labute approximate surface area is 112 Å². The molecule has 1 heterocycles. The van der Waals surface area contributed by atoms with E-state index in [-0.39, 0.29) is 0 Å². The number of aromatic nitrogens is 2. The van der Waals surface area contributed by atoms with Gasteiger partial charge < -0.3 is 15.2 Å². The largest absolute Gasteiger partial charge is 0.481 e. The SMILES string of the molecule is COc1ncnc(Oc2ccc(CCN)cc2)c1C. The first-order valence-corrected chi connectivity index (χ1v) is 6.07. The second-order valence-electron chi connectivity index (χ2n) is 4.10. The number of benzene rings is 1.